The second kappa shape index (κ2) is 5.09. The van der Waals surface area contributed by atoms with Crippen molar-refractivity contribution in [1.82, 2.24) is 4.98 Å². The Labute approximate surface area is 114 Å². The molecule has 1 N–H and O–H groups in total. The zero-order chi connectivity index (χ0) is 13.2. The zero-order valence-corrected chi connectivity index (χ0v) is 11.0. The monoisotopic (exact) mass is 276 g/mol. The first-order chi connectivity index (χ1) is 9.22. The van der Waals surface area contributed by atoms with Crippen molar-refractivity contribution in [3.63, 3.8) is 0 Å². The molecule has 5 heteroatoms. The Bertz CT molecular complexity index is 607. The van der Waals surface area contributed by atoms with E-state index in [0.717, 1.165) is 17.7 Å². The van der Waals surface area contributed by atoms with Crippen molar-refractivity contribution >= 4 is 22.4 Å². The van der Waals surface area contributed by atoms with E-state index in [0.29, 0.717) is 17.1 Å². The topological polar surface area (TPSA) is 42.0 Å². The van der Waals surface area contributed by atoms with E-state index in [1.165, 1.54) is 17.4 Å². The molecule has 1 fully saturated rings. The minimum Gasteiger partial charge on any atom is -0.302 e. The molecule has 1 heterocycles. The summed E-state index contributed by atoms with van der Waals surface area (Å²) in [7, 11) is 0. The molecule has 0 unspecified atom stereocenters. The molecular formula is C14H13FN2OS. The third kappa shape index (κ3) is 2.98. The van der Waals surface area contributed by atoms with Crippen LogP contribution in [0.1, 0.15) is 23.3 Å². The zero-order valence-electron chi connectivity index (χ0n) is 10.2. The van der Waals surface area contributed by atoms with E-state index < -0.39 is 0 Å². The summed E-state index contributed by atoms with van der Waals surface area (Å²) in [5.41, 5.74) is 0.645. The summed E-state index contributed by atoms with van der Waals surface area (Å²) in [6, 6.07) is 6.70. The molecule has 0 saturated heterocycles. The van der Waals surface area contributed by atoms with Crippen LogP contribution in [0, 0.1) is 11.7 Å². The van der Waals surface area contributed by atoms with Crippen LogP contribution in [0.25, 0.3) is 0 Å². The molecule has 1 aliphatic carbocycles. The summed E-state index contributed by atoms with van der Waals surface area (Å²) in [5.74, 6) is 0.00479. The number of nitrogens with one attached hydrogen (secondary N) is 1. The van der Waals surface area contributed by atoms with Crippen molar-refractivity contribution in [2.45, 2.75) is 19.3 Å². The molecule has 0 atom stereocenters. The SMILES string of the molecule is O=C(Nc1ncc(Cc2ccccc2F)s1)C1CC1. The normalized spacial score (nSPS) is 14.4. The lowest BCUT2D eigenvalue weighted by atomic mass is 10.1. The molecule has 1 aromatic heterocycles. The van der Waals surface area contributed by atoms with Gasteiger partial charge < -0.3 is 5.32 Å². The molecule has 3 rings (SSSR count). The van der Waals surface area contributed by atoms with Crippen LogP contribution in [0.4, 0.5) is 9.52 Å². The van der Waals surface area contributed by atoms with Crippen molar-refractivity contribution in [1.29, 1.82) is 0 Å². The average Bonchev–Trinajstić information content (AvgIpc) is 3.16. The van der Waals surface area contributed by atoms with Gasteiger partial charge in [0.25, 0.3) is 0 Å². The minimum absolute atomic E-state index is 0.0480. The van der Waals surface area contributed by atoms with Gasteiger partial charge in [0.2, 0.25) is 5.91 Å². The Morgan fingerprint density at radius 1 is 1.42 bits per heavy atom. The van der Waals surface area contributed by atoms with Gasteiger partial charge in [0.05, 0.1) is 0 Å². The molecule has 0 spiro atoms. The number of thiazole rings is 1. The van der Waals surface area contributed by atoms with Crippen molar-refractivity contribution in [3.8, 4) is 0 Å². The van der Waals surface area contributed by atoms with Crippen LogP contribution in [-0.4, -0.2) is 10.9 Å². The molecule has 1 aromatic carbocycles. The molecule has 1 aliphatic rings. The van der Waals surface area contributed by atoms with Gasteiger partial charge >= 0.3 is 0 Å². The van der Waals surface area contributed by atoms with Crippen molar-refractivity contribution in [2.24, 2.45) is 5.92 Å². The Hall–Kier alpha value is -1.75. The summed E-state index contributed by atoms with van der Waals surface area (Å²) < 4.78 is 13.5. The van der Waals surface area contributed by atoms with E-state index >= 15 is 0 Å². The smallest absolute Gasteiger partial charge is 0.229 e. The Balaban J connectivity index is 1.67. The Kier molecular flexibility index (Phi) is 3.29. The number of benzene rings is 1. The fraction of sp³-hybridized carbons (Fsp3) is 0.286. The third-order valence-corrected chi connectivity index (χ3v) is 3.97. The van der Waals surface area contributed by atoms with Gasteiger partial charge in [-0.2, -0.15) is 0 Å². The fourth-order valence-electron chi connectivity index (χ4n) is 1.83. The molecule has 98 valence electrons. The lowest BCUT2D eigenvalue weighted by Gasteiger charge is -2.00. The molecule has 1 amide bonds. The van der Waals surface area contributed by atoms with E-state index in [2.05, 4.69) is 10.3 Å². The molecule has 0 bridgehead atoms. The Morgan fingerprint density at radius 2 is 2.21 bits per heavy atom. The minimum atomic E-state index is -0.209. The summed E-state index contributed by atoms with van der Waals surface area (Å²) in [6.07, 6.45) is 4.14. The number of nitrogens with zero attached hydrogens (tertiary/aromatic N) is 1. The van der Waals surface area contributed by atoms with E-state index in [4.69, 9.17) is 0 Å². The highest BCUT2D eigenvalue weighted by Crippen LogP contribution is 2.31. The van der Waals surface area contributed by atoms with Crippen LogP contribution in [0.3, 0.4) is 0 Å². The third-order valence-electron chi connectivity index (χ3n) is 3.05. The van der Waals surface area contributed by atoms with Crippen LogP contribution in [0.2, 0.25) is 0 Å². The van der Waals surface area contributed by atoms with E-state index in [1.54, 1.807) is 18.3 Å². The van der Waals surface area contributed by atoms with E-state index in [1.807, 2.05) is 6.07 Å². The van der Waals surface area contributed by atoms with Gasteiger partial charge in [-0.1, -0.05) is 18.2 Å². The van der Waals surface area contributed by atoms with Crippen molar-refractivity contribution in [2.75, 3.05) is 5.32 Å². The van der Waals surface area contributed by atoms with Gasteiger partial charge in [0.15, 0.2) is 5.13 Å². The lowest BCUT2D eigenvalue weighted by Crippen LogP contribution is -2.12. The molecule has 3 nitrogen and oxygen atoms in total. The first kappa shape index (κ1) is 12.3. The van der Waals surface area contributed by atoms with Crippen molar-refractivity contribution < 1.29 is 9.18 Å². The fourth-order valence-corrected chi connectivity index (χ4v) is 2.67. The summed E-state index contributed by atoms with van der Waals surface area (Å²) in [6.45, 7) is 0. The number of hydrogen-bond acceptors (Lipinski definition) is 3. The molecular weight excluding hydrogens is 263 g/mol. The number of aromatic nitrogens is 1. The predicted octanol–water partition coefficient (Wildman–Crippen LogP) is 3.22. The highest BCUT2D eigenvalue weighted by molar-refractivity contribution is 7.15. The van der Waals surface area contributed by atoms with Crippen LogP contribution < -0.4 is 5.32 Å². The van der Waals surface area contributed by atoms with Crippen LogP contribution in [0.5, 0.6) is 0 Å². The average molecular weight is 276 g/mol. The summed E-state index contributed by atoms with van der Waals surface area (Å²) in [5, 5.41) is 3.40. The maximum atomic E-state index is 13.5. The second-order valence-electron chi connectivity index (χ2n) is 4.66. The van der Waals surface area contributed by atoms with Crippen LogP contribution in [0.15, 0.2) is 30.5 Å². The Morgan fingerprint density at radius 3 is 2.95 bits per heavy atom. The van der Waals surface area contributed by atoms with Gasteiger partial charge in [-0.25, -0.2) is 9.37 Å². The van der Waals surface area contributed by atoms with Gasteiger partial charge in [-0.05, 0) is 24.5 Å². The second-order valence-corrected chi connectivity index (χ2v) is 5.78. The first-order valence-corrected chi connectivity index (χ1v) is 7.03. The van der Waals surface area contributed by atoms with Gasteiger partial charge in [0.1, 0.15) is 5.82 Å². The van der Waals surface area contributed by atoms with Gasteiger partial charge in [0, 0.05) is 23.4 Å². The standard InChI is InChI=1S/C14H13FN2OS/c15-12-4-2-1-3-10(12)7-11-8-16-14(19-11)17-13(18)9-5-6-9/h1-4,8-9H,5-7H2,(H,16,17,18). The maximum absolute atomic E-state index is 13.5. The quantitative estimate of drug-likeness (QED) is 0.931. The number of hydrogen-bond donors (Lipinski definition) is 1. The number of carbonyl (C=O) groups excluding carboxylic acids is 1. The van der Waals surface area contributed by atoms with Gasteiger partial charge in [-0.15, -0.1) is 11.3 Å². The van der Waals surface area contributed by atoms with Crippen molar-refractivity contribution in [3.05, 3.63) is 46.7 Å². The summed E-state index contributed by atoms with van der Waals surface area (Å²) in [4.78, 5) is 16.7. The number of carbonyl (C=O) groups is 1. The molecule has 0 aliphatic heterocycles. The molecule has 2 aromatic rings. The molecule has 19 heavy (non-hydrogen) atoms. The predicted molar refractivity (Wildman–Crippen MR) is 72.7 cm³/mol. The molecule has 1 saturated carbocycles. The van der Waals surface area contributed by atoms with E-state index in [9.17, 15) is 9.18 Å². The number of amides is 1. The number of halogens is 1. The summed E-state index contributed by atoms with van der Waals surface area (Å²) >= 11 is 1.40. The van der Waals surface area contributed by atoms with E-state index in [-0.39, 0.29) is 17.6 Å². The maximum Gasteiger partial charge on any atom is 0.229 e. The first-order valence-electron chi connectivity index (χ1n) is 6.21. The highest BCUT2D eigenvalue weighted by Gasteiger charge is 2.30. The number of anilines is 1. The van der Waals surface area contributed by atoms with Crippen LogP contribution >= 0.6 is 11.3 Å². The lowest BCUT2D eigenvalue weighted by molar-refractivity contribution is -0.117. The van der Waals surface area contributed by atoms with Gasteiger partial charge in [-0.3, -0.25) is 4.79 Å². The number of rotatable bonds is 4. The molecule has 0 radical (unpaired) electrons. The van der Waals surface area contributed by atoms with Crippen LogP contribution in [-0.2, 0) is 11.2 Å². The largest absolute Gasteiger partial charge is 0.302 e. The highest BCUT2D eigenvalue weighted by atomic mass is 32.1.